The summed E-state index contributed by atoms with van der Waals surface area (Å²) in [4.78, 5) is 6.10. The van der Waals surface area contributed by atoms with Gasteiger partial charge in [0.25, 0.3) is 0 Å². The second-order valence-electron chi connectivity index (χ2n) is 4.86. The quantitative estimate of drug-likeness (QED) is 0.648. The van der Waals surface area contributed by atoms with Gasteiger partial charge in [0.05, 0.1) is 6.54 Å². The molecule has 0 spiro atoms. The van der Waals surface area contributed by atoms with Gasteiger partial charge in [-0.25, -0.2) is 4.99 Å². The molecule has 1 aromatic rings. The highest BCUT2D eigenvalue weighted by Crippen LogP contribution is 2.24. The number of ether oxygens (including phenoxy) is 1. The molecule has 0 unspecified atom stereocenters. The van der Waals surface area contributed by atoms with Crippen LogP contribution in [-0.2, 0) is 6.54 Å². The molecule has 0 heterocycles. The lowest BCUT2D eigenvalue weighted by atomic mass is 10.1. The van der Waals surface area contributed by atoms with E-state index in [0.717, 1.165) is 18.7 Å². The van der Waals surface area contributed by atoms with Gasteiger partial charge in [-0.2, -0.15) is 13.2 Å². The number of guanidine groups is 1. The van der Waals surface area contributed by atoms with Crippen LogP contribution in [0.3, 0.4) is 0 Å². The van der Waals surface area contributed by atoms with Crippen molar-refractivity contribution < 1.29 is 17.9 Å². The van der Waals surface area contributed by atoms with E-state index in [9.17, 15) is 13.2 Å². The third kappa shape index (κ3) is 5.83. The van der Waals surface area contributed by atoms with E-state index in [1.165, 1.54) is 0 Å². The average molecular weight is 317 g/mol. The van der Waals surface area contributed by atoms with E-state index in [4.69, 9.17) is 10.5 Å². The van der Waals surface area contributed by atoms with Crippen LogP contribution in [0.1, 0.15) is 25.0 Å². The van der Waals surface area contributed by atoms with Gasteiger partial charge in [0, 0.05) is 18.7 Å². The number of aryl methyl sites for hydroxylation is 1. The summed E-state index contributed by atoms with van der Waals surface area (Å²) < 4.78 is 41.8. The summed E-state index contributed by atoms with van der Waals surface area (Å²) in [6.45, 7) is 5.99. The normalized spacial score (nSPS) is 12.4. The molecule has 4 nitrogen and oxygen atoms in total. The Bertz CT molecular complexity index is 511. The Morgan fingerprint density at radius 2 is 1.91 bits per heavy atom. The molecule has 0 aromatic heterocycles. The molecule has 0 saturated carbocycles. The first-order chi connectivity index (χ1) is 10.3. The first kappa shape index (κ1) is 18.1. The van der Waals surface area contributed by atoms with Crippen molar-refractivity contribution in [3.05, 3.63) is 29.3 Å². The van der Waals surface area contributed by atoms with E-state index >= 15 is 0 Å². The minimum absolute atomic E-state index is 0.176. The predicted octanol–water partition coefficient (Wildman–Crippen LogP) is 3.09. The molecule has 0 saturated heterocycles. The fraction of sp³-hybridized carbons (Fsp3) is 0.533. The van der Waals surface area contributed by atoms with Crippen molar-refractivity contribution in [1.29, 1.82) is 0 Å². The largest absolute Gasteiger partial charge is 0.484 e. The van der Waals surface area contributed by atoms with Crippen molar-refractivity contribution in [3.63, 3.8) is 0 Å². The predicted molar refractivity (Wildman–Crippen MR) is 81.0 cm³/mol. The zero-order chi connectivity index (χ0) is 16.8. The van der Waals surface area contributed by atoms with Crippen LogP contribution < -0.4 is 10.5 Å². The number of rotatable bonds is 6. The van der Waals surface area contributed by atoms with E-state index in [-0.39, 0.29) is 12.3 Å². The zero-order valence-corrected chi connectivity index (χ0v) is 13.1. The summed E-state index contributed by atoms with van der Waals surface area (Å²) >= 11 is 0. The van der Waals surface area contributed by atoms with Gasteiger partial charge in [-0.05, 0) is 32.4 Å². The molecule has 0 aliphatic heterocycles. The van der Waals surface area contributed by atoms with Gasteiger partial charge >= 0.3 is 6.18 Å². The molecule has 0 radical (unpaired) electrons. The molecule has 0 aliphatic carbocycles. The Kier molecular flexibility index (Phi) is 6.52. The maximum absolute atomic E-state index is 12.3. The maximum Gasteiger partial charge on any atom is 0.422 e. The summed E-state index contributed by atoms with van der Waals surface area (Å²) in [7, 11) is 0. The number of hydrogen-bond acceptors (Lipinski definition) is 2. The first-order valence-corrected chi connectivity index (χ1v) is 7.10. The summed E-state index contributed by atoms with van der Waals surface area (Å²) in [5.41, 5.74) is 7.26. The molecule has 1 aromatic carbocycles. The van der Waals surface area contributed by atoms with Crippen LogP contribution in [0.5, 0.6) is 5.75 Å². The maximum atomic E-state index is 12.3. The average Bonchev–Trinajstić information content (AvgIpc) is 2.44. The number of alkyl halides is 3. The smallest absolute Gasteiger partial charge is 0.422 e. The summed E-state index contributed by atoms with van der Waals surface area (Å²) in [5.74, 6) is 0.556. The topological polar surface area (TPSA) is 50.8 Å². The van der Waals surface area contributed by atoms with Crippen LogP contribution in [0.25, 0.3) is 0 Å². The summed E-state index contributed by atoms with van der Waals surface area (Å²) in [5, 5.41) is 0. The summed E-state index contributed by atoms with van der Waals surface area (Å²) in [6, 6.07) is 5.09. The number of aliphatic imine (C=N–C) groups is 1. The summed E-state index contributed by atoms with van der Waals surface area (Å²) in [6.07, 6.45) is -4.37. The van der Waals surface area contributed by atoms with Crippen LogP contribution in [0.15, 0.2) is 23.2 Å². The fourth-order valence-electron chi connectivity index (χ4n) is 1.90. The lowest BCUT2D eigenvalue weighted by molar-refractivity contribution is -0.153. The van der Waals surface area contributed by atoms with Gasteiger partial charge in [0.1, 0.15) is 5.75 Å². The molecule has 1 rings (SSSR count). The number of benzene rings is 1. The van der Waals surface area contributed by atoms with Gasteiger partial charge in [-0.1, -0.05) is 12.1 Å². The second-order valence-corrected chi connectivity index (χ2v) is 4.86. The number of hydrogen-bond donors (Lipinski definition) is 1. The van der Waals surface area contributed by atoms with Gasteiger partial charge in [-0.3, -0.25) is 0 Å². The van der Waals surface area contributed by atoms with Crippen molar-refractivity contribution in [2.45, 2.75) is 33.5 Å². The minimum Gasteiger partial charge on any atom is -0.484 e. The molecule has 0 amide bonds. The standard InChI is InChI=1S/C15H22F3N3O/c1-4-21(5-2)14(19)20-9-12-7-6-11(3)8-13(12)22-10-15(16,17)18/h6-8H,4-5,9-10H2,1-3H3,(H2,19,20). The van der Waals surface area contributed by atoms with Crippen molar-refractivity contribution in [2.24, 2.45) is 10.7 Å². The number of halogens is 3. The zero-order valence-electron chi connectivity index (χ0n) is 13.1. The SMILES string of the molecule is CCN(CC)C(N)=NCc1ccc(C)cc1OCC(F)(F)F. The van der Waals surface area contributed by atoms with Crippen molar-refractivity contribution in [3.8, 4) is 5.75 Å². The highest BCUT2D eigenvalue weighted by Gasteiger charge is 2.28. The molecule has 7 heteroatoms. The second kappa shape index (κ2) is 7.91. The third-order valence-corrected chi connectivity index (χ3v) is 3.11. The van der Waals surface area contributed by atoms with E-state index < -0.39 is 12.8 Å². The first-order valence-electron chi connectivity index (χ1n) is 7.10. The monoisotopic (exact) mass is 317 g/mol. The molecule has 0 atom stereocenters. The van der Waals surface area contributed by atoms with E-state index in [1.807, 2.05) is 18.7 Å². The third-order valence-electron chi connectivity index (χ3n) is 3.11. The van der Waals surface area contributed by atoms with Gasteiger partial charge < -0.3 is 15.4 Å². The van der Waals surface area contributed by atoms with Gasteiger partial charge in [0.2, 0.25) is 0 Å². The number of nitrogens with zero attached hydrogens (tertiary/aromatic N) is 2. The molecule has 0 bridgehead atoms. The highest BCUT2D eigenvalue weighted by atomic mass is 19.4. The molecular weight excluding hydrogens is 295 g/mol. The number of nitrogens with two attached hydrogens (primary N) is 1. The molecule has 22 heavy (non-hydrogen) atoms. The Hall–Kier alpha value is -1.92. The van der Waals surface area contributed by atoms with Gasteiger partial charge in [0.15, 0.2) is 12.6 Å². The minimum atomic E-state index is -4.37. The van der Waals surface area contributed by atoms with E-state index in [1.54, 1.807) is 25.1 Å². The Morgan fingerprint density at radius 3 is 2.45 bits per heavy atom. The Morgan fingerprint density at radius 1 is 1.27 bits per heavy atom. The van der Waals surface area contributed by atoms with Crippen molar-refractivity contribution >= 4 is 5.96 Å². The molecular formula is C15H22F3N3O. The highest BCUT2D eigenvalue weighted by molar-refractivity contribution is 5.78. The van der Waals surface area contributed by atoms with Crippen LogP contribution in [0, 0.1) is 6.92 Å². The molecule has 0 aliphatic rings. The van der Waals surface area contributed by atoms with Crippen LogP contribution >= 0.6 is 0 Å². The lowest BCUT2D eigenvalue weighted by Crippen LogP contribution is -2.37. The van der Waals surface area contributed by atoms with E-state index in [2.05, 4.69) is 4.99 Å². The molecule has 2 N–H and O–H groups in total. The van der Waals surface area contributed by atoms with Crippen molar-refractivity contribution in [2.75, 3.05) is 19.7 Å². The molecule has 0 fully saturated rings. The van der Waals surface area contributed by atoms with Gasteiger partial charge in [-0.15, -0.1) is 0 Å². The Labute approximate surface area is 128 Å². The lowest BCUT2D eigenvalue weighted by Gasteiger charge is -2.19. The van der Waals surface area contributed by atoms with E-state index in [0.29, 0.717) is 11.5 Å². The van der Waals surface area contributed by atoms with Crippen molar-refractivity contribution in [1.82, 2.24) is 4.90 Å². The molecule has 124 valence electrons. The van der Waals surface area contributed by atoms with Crippen LogP contribution in [-0.4, -0.2) is 36.7 Å². The van der Waals surface area contributed by atoms with Crippen LogP contribution in [0.2, 0.25) is 0 Å². The Balaban J connectivity index is 2.88. The fourth-order valence-corrected chi connectivity index (χ4v) is 1.90. The van der Waals surface area contributed by atoms with Crippen LogP contribution in [0.4, 0.5) is 13.2 Å².